The zero-order chi connectivity index (χ0) is 19.7. The highest BCUT2D eigenvalue weighted by molar-refractivity contribution is 5.94. The Morgan fingerprint density at radius 1 is 1.25 bits per heavy atom. The summed E-state index contributed by atoms with van der Waals surface area (Å²) in [5, 5.41) is 3.17. The predicted molar refractivity (Wildman–Crippen MR) is 110 cm³/mol. The van der Waals surface area contributed by atoms with Crippen molar-refractivity contribution in [3.05, 3.63) is 34.7 Å². The summed E-state index contributed by atoms with van der Waals surface area (Å²) in [6, 6.07) is 2.02. The van der Waals surface area contributed by atoms with E-state index in [0.717, 1.165) is 62.3 Å². The van der Waals surface area contributed by atoms with E-state index in [-0.39, 0.29) is 23.1 Å². The molecule has 5 heteroatoms. The van der Waals surface area contributed by atoms with Crippen molar-refractivity contribution in [1.82, 2.24) is 15.2 Å². The molecule has 1 saturated carbocycles. The van der Waals surface area contributed by atoms with Crippen molar-refractivity contribution < 1.29 is 9.59 Å². The number of rotatable bonds is 5. The molecule has 28 heavy (non-hydrogen) atoms. The molecule has 2 aliphatic carbocycles. The van der Waals surface area contributed by atoms with Crippen LogP contribution in [0.2, 0.25) is 0 Å². The number of nitrogens with zero attached hydrogens (tertiary/aromatic N) is 1. The van der Waals surface area contributed by atoms with Crippen LogP contribution in [0.1, 0.15) is 73.1 Å². The van der Waals surface area contributed by atoms with Crippen molar-refractivity contribution in [2.75, 3.05) is 19.6 Å². The second-order valence-corrected chi connectivity index (χ2v) is 9.07. The number of allylic oxidation sites excluding steroid dienone is 1. The van der Waals surface area contributed by atoms with Gasteiger partial charge in [-0.1, -0.05) is 11.6 Å². The maximum absolute atomic E-state index is 12.8. The fourth-order valence-electron chi connectivity index (χ4n) is 5.14. The molecule has 2 N–H and O–H groups in total. The normalized spacial score (nSPS) is 23.4. The quantitative estimate of drug-likeness (QED) is 0.758. The van der Waals surface area contributed by atoms with Crippen molar-refractivity contribution in [3.8, 4) is 0 Å². The lowest BCUT2D eigenvalue weighted by Crippen LogP contribution is -2.41. The Morgan fingerprint density at radius 3 is 2.68 bits per heavy atom. The van der Waals surface area contributed by atoms with Crippen LogP contribution in [0.25, 0.3) is 0 Å². The van der Waals surface area contributed by atoms with Gasteiger partial charge in [-0.2, -0.15) is 0 Å². The number of aryl methyl sites for hydroxylation is 2. The Morgan fingerprint density at radius 2 is 2.04 bits per heavy atom. The van der Waals surface area contributed by atoms with Gasteiger partial charge in [0.25, 0.3) is 5.91 Å². The Kier molecular flexibility index (Phi) is 5.35. The molecule has 1 saturated heterocycles. The molecule has 1 atom stereocenters. The first-order chi connectivity index (χ1) is 13.5. The number of piperidine rings is 1. The van der Waals surface area contributed by atoms with E-state index in [4.69, 9.17) is 0 Å². The van der Waals surface area contributed by atoms with Crippen molar-refractivity contribution in [2.24, 2.45) is 11.3 Å². The van der Waals surface area contributed by atoms with E-state index in [2.05, 4.69) is 16.4 Å². The molecule has 1 aromatic rings. The van der Waals surface area contributed by atoms with Gasteiger partial charge < -0.3 is 15.2 Å². The Balaban J connectivity index is 1.24. The van der Waals surface area contributed by atoms with Crippen LogP contribution in [-0.2, 0) is 4.79 Å². The van der Waals surface area contributed by atoms with Gasteiger partial charge in [-0.3, -0.25) is 9.59 Å². The summed E-state index contributed by atoms with van der Waals surface area (Å²) in [4.78, 5) is 30.5. The van der Waals surface area contributed by atoms with Gasteiger partial charge in [-0.15, -0.1) is 0 Å². The van der Waals surface area contributed by atoms with Gasteiger partial charge >= 0.3 is 0 Å². The minimum atomic E-state index is 0.0999. The molecule has 0 bridgehead atoms. The van der Waals surface area contributed by atoms with E-state index in [1.165, 1.54) is 31.3 Å². The van der Waals surface area contributed by atoms with E-state index < -0.39 is 0 Å². The summed E-state index contributed by atoms with van der Waals surface area (Å²) < 4.78 is 0. The topological polar surface area (TPSA) is 65.2 Å². The maximum Gasteiger partial charge on any atom is 0.270 e. The van der Waals surface area contributed by atoms with Gasteiger partial charge in [-0.25, -0.2) is 0 Å². The molecule has 0 radical (unpaired) electrons. The van der Waals surface area contributed by atoms with Crippen molar-refractivity contribution >= 4 is 11.8 Å². The van der Waals surface area contributed by atoms with Crippen molar-refractivity contribution in [2.45, 2.75) is 65.2 Å². The molecular formula is C23H33N3O2. The van der Waals surface area contributed by atoms with E-state index in [9.17, 15) is 9.59 Å². The highest BCUT2D eigenvalue weighted by atomic mass is 16.2. The molecular weight excluding hydrogens is 350 g/mol. The first kappa shape index (κ1) is 19.3. The molecule has 2 fully saturated rings. The molecule has 1 aromatic heterocycles. The molecule has 3 aliphatic rings. The number of carbonyl (C=O) groups is 2. The zero-order valence-electron chi connectivity index (χ0n) is 17.3. The monoisotopic (exact) mass is 383 g/mol. The molecule has 1 spiro atoms. The van der Waals surface area contributed by atoms with Gasteiger partial charge in [0, 0.05) is 31.2 Å². The number of aromatic amines is 1. The van der Waals surface area contributed by atoms with Crippen molar-refractivity contribution in [1.29, 1.82) is 0 Å². The molecule has 1 unspecified atom stereocenters. The number of hydrogen-bond donors (Lipinski definition) is 2. The number of likely N-dealkylation sites (tertiary alicyclic amines) is 1. The van der Waals surface area contributed by atoms with E-state index >= 15 is 0 Å². The minimum absolute atomic E-state index is 0.0999. The zero-order valence-corrected chi connectivity index (χ0v) is 17.3. The van der Waals surface area contributed by atoms with Gasteiger partial charge in [0.2, 0.25) is 5.91 Å². The highest BCUT2D eigenvalue weighted by Crippen LogP contribution is 2.59. The number of nitrogens with one attached hydrogen (secondary N) is 2. The molecule has 0 aromatic carbocycles. The first-order valence-electron chi connectivity index (χ1n) is 10.9. The predicted octanol–water partition coefficient (Wildman–Crippen LogP) is 3.88. The highest BCUT2D eigenvalue weighted by Gasteiger charge is 2.58. The minimum Gasteiger partial charge on any atom is -0.356 e. The summed E-state index contributed by atoms with van der Waals surface area (Å²) in [6.45, 7) is 6.24. The Hall–Kier alpha value is -2.04. The molecule has 1 aliphatic heterocycles. The summed E-state index contributed by atoms with van der Waals surface area (Å²) in [5.74, 6) is 0.481. The standard InChI is InChI=1S/C23H33N3O2/c1-16-14-17(2)25-20(16)22(28)26-12-9-23(10-13-26)15-19(23)21(27)24-11-8-18-6-4-3-5-7-18/h6,14,19,25H,3-5,7-13,15H2,1-2H3,(H,24,27). The largest absolute Gasteiger partial charge is 0.356 e. The first-order valence-corrected chi connectivity index (χ1v) is 10.9. The Labute approximate surface area is 168 Å². The van der Waals surface area contributed by atoms with Crippen LogP contribution in [0, 0.1) is 25.2 Å². The molecule has 2 amide bonds. The molecule has 5 nitrogen and oxygen atoms in total. The van der Waals surface area contributed by atoms with Crippen molar-refractivity contribution in [3.63, 3.8) is 0 Å². The van der Waals surface area contributed by atoms with Crippen LogP contribution in [0.5, 0.6) is 0 Å². The van der Waals surface area contributed by atoms with E-state index in [0.29, 0.717) is 0 Å². The van der Waals surface area contributed by atoms with Crippen LogP contribution in [0.4, 0.5) is 0 Å². The van der Waals surface area contributed by atoms with Gasteiger partial charge in [0.15, 0.2) is 0 Å². The number of H-pyrrole nitrogens is 1. The van der Waals surface area contributed by atoms with Gasteiger partial charge in [-0.05, 0) is 82.3 Å². The number of aromatic nitrogens is 1. The number of hydrogen-bond acceptors (Lipinski definition) is 2. The van der Waals surface area contributed by atoms with Crippen LogP contribution >= 0.6 is 0 Å². The third kappa shape index (κ3) is 3.89. The lowest BCUT2D eigenvalue weighted by atomic mass is 9.90. The van der Waals surface area contributed by atoms with Crippen LogP contribution in [-0.4, -0.2) is 41.3 Å². The lowest BCUT2D eigenvalue weighted by Gasteiger charge is -2.32. The summed E-state index contributed by atoms with van der Waals surface area (Å²) in [7, 11) is 0. The molecule has 4 rings (SSSR count). The molecule has 152 valence electrons. The molecule has 2 heterocycles. The number of carbonyl (C=O) groups excluding carboxylic acids is 2. The van der Waals surface area contributed by atoms with Crippen LogP contribution in [0.3, 0.4) is 0 Å². The van der Waals surface area contributed by atoms with Gasteiger partial charge in [0.05, 0.1) is 0 Å². The second-order valence-electron chi connectivity index (χ2n) is 9.07. The van der Waals surface area contributed by atoms with E-state index in [1.54, 1.807) is 0 Å². The fourth-order valence-corrected chi connectivity index (χ4v) is 5.14. The summed E-state index contributed by atoms with van der Waals surface area (Å²) in [5.41, 5.74) is 4.41. The fraction of sp³-hybridized carbons (Fsp3) is 0.652. The van der Waals surface area contributed by atoms with Crippen LogP contribution < -0.4 is 5.32 Å². The lowest BCUT2D eigenvalue weighted by molar-refractivity contribution is -0.123. The number of amides is 2. The summed E-state index contributed by atoms with van der Waals surface area (Å²) in [6.07, 6.45) is 11.2. The average Bonchev–Trinajstić information content (AvgIpc) is 3.28. The SMILES string of the molecule is Cc1cc(C)c(C(=O)N2CCC3(CC2)CC3C(=O)NCCC2=CCCCC2)[nH]1. The third-order valence-electron chi connectivity index (χ3n) is 7.05. The van der Waals surface area contributed by atoms with E-state index in [1.807, 2.05) is 24.8 Å². The Bertz CT molecular complexity index is 784. The third-order valence-corrected chi connectivity index (χ3v) is 7.05. The second kappa shape index (κ2) is 7.76. The maximum atomic E-state index is 12.8. The summed E-state index contributed by atoms with van der Waals surface area (Å²) >= 11 is 0. The van der Waals surface area contributed by atoms with Crippen LogP contribution in [0.15, 0.2) is 17.7 Å². The smallest absolute Gasteiger partial charge is 0.270 e. The average molecular weight is 384 g/mol. The van der Waals surface area contributed by atoms with Gasteiger partial charge in [0.1, 0.15) is 5.69 Å².